The minimum absolute atomic E-state index is 0.0281. The highest BCUT2D eigenvalue weighted by Crippen LogP contribution is 2.40. The van der Waals surface area contributed by atoms with Crippen LogP contribution in [0.25, 0.3) is 22.2 Å². The quantitative estimate of drug-likeness (QED) is 0.487. The topological polar surface area (TPSA) is 77.0 Å². The van der Waals surface area contributed by atoms with Gasteiger partial charge < -0.3 is 15.2 Å². The van der Waals surface area contributed by atoms with Crippen molar-refractivity contribution in [3.05, 3.63) is 72.2 Å². The summed E-state index contributed by atoms with van der Waals surface area (Å²) < 4.78 is 42.2. The molecule has 1 aliphatic rings. The molecule has 0 radical (unpaired) electrons. The van der Waals surface area contributed by atoms with Gasteiger partial charge in [-0.25, -0.2) is 9.97 Å². The van der Waals surface area contributed by atoms with Gasteiger partial charge in [0.25, 0.3) is 0 Å². The van der Waals surface area contributed by atoms with E-state index >= 15 is 0 Å². The smallest absolute Gasteiger partial charge is 0.383 e. The first-order chi connectivity index (χ1) is 15.8. The summed E-state index contributed by atoms with van der Waals surface area (Å²) in [5.74, 6) is -0.777. The van der Waals surface area contributed by atoms with E-state index in [1.54, 1.807) is 17.0 Å². The standard InChI is InChI=1S/C24H20F3N5O/c1-31-12-18(20-21(28)29-13-30-22(20)31)14-6-8-15(9-7-14)32-11-10-17(23(32)33)16-4-2-3-5-19(16)24(25,26)27/h2-9,12-13,17H,10-11H2,1H3,(H2,28,29,30). The molecule has 168 valence electrons. The Morgan fingerprint density at radius 3 is 2.52 bits per heavy atom. The molecule has 2 N–H and O–H groups in total. The lowest BCUT2D eigenvalue weighted by atomic mass is 9.92. The number of nitrogens with two attached hydrogens (primary N) is 1. The molecule has 6 nitrogen and oxygen atoms in total. The molecule has 2 aromatic carbocycles. The lowest BCUT2D eigenvalue weighted by Crippen LogP contribution is -2.27. The highest BCUT2D eigenvalue weighted by atomic mass is 19.4. The van der Waals surface area contributed by atoms with Crippen molar-refractivity contribution in [2.24, 2.45) is 7.05 Å². The Balaban J connectivity index is 1.45. The second-order valence-corrected chi connectivity index (χ2v) is 8.07. The van der Waals surface area contributed by atoms with Gasteiger partial charge in [-0.05, 0) is 35.7 Å². The zero-order chi connectivity index (χ0) is 23.3. The van der Waals surface area contributed by atoms with Crippen molar-refractivity contribution >= 4 is 28.4 Å². The van der Waals surface area contributed by atoms with E-state index in [2.05, 4.69) is 9.97 Å². The number of aromatic nitrogens is 3. The van der Waals surface area contributed by atoms with Gasteiger partial charge in [-0.1, -0.05) is 30.3 Å². The fourth-order valence-electron chi connectivity index (χ4n) is 4.56. The van der Waals surface area contributed by atoms with Crippen LogP contribution in [0.4, 0.5) is 24.7 Å². The van der Waals surface area contributed by atoms with E-state index in [1.807, 2.05) is 29.9 Å². The van der Waals surface area contributed by atoms with Crippen molar-refractivity contribution in [2.45, 2.75) is 18.5 Å². The summed E-state index contributed by atoms with van der Waals surface area (Å²) >= 11 is 0. The number of benzene rings is 2. The Morgan fingerprint density at radius 1 is 1.06 bits per heavy atom. The molecule has 33 heavy (non-hydrogen) atoms. The van der Waals surface area contributed by atoms with Crippen LogP contribution in [0.5, 0.6) is 0 Å². The second kappa shape index (κ2) is 7.61. The Labute approximate surface area is 187 Å². The number of hydrogen-bond acceptors (Lipinski definition) is 4. The summed E-state index contributed by atoms with van der Waals surface area (Å²) in [6.07, 6.45) is -0.854. The van der Waals surface area contributed by atoms with Crippen LogP contribution in [0.15, 0.2) is 61.1 Å². The highest BCUT2D eigenvalue weighted by Gasteiger charge is 2.40. The third-order valence-corrected chi connectivity index (χ3v) is 6.12. The van der Waals surface area contributed by atoms with Gasteiger partial charge >= 0.3 is 6.18 Å². The molecule has 2 aromatic heterocycles. The Kier molecular flexibility index (Phi) is 4.84. The lowest BCUT2D eigenvalue weighted by Gasteiger charge is -2.19. The molecule has 1 atom stereocenters. The van der Waals surface area contributed by atoms with E-state index in [0.29, 0.717) is 30.1 Å². The summed E-state index contributed by atoms with van der Waals surface area (Å²) in [5.41, 5.74) is 8.43. The van der Waals surface area contributed by atoms with Gasteiger partial charge in [0.1, 0.15) is 17.8 Å². The lowest BCUT2D eigenvalue weighted by molar-refractivity contribution is -0.138. The first-order valence-electron chi connectivity index (χ1n) is 10.4. The number of nitrogens with zero attached hydrogens (tertiary/aromatic N) is 4. The molecule has 0 bridgehead atoms. The largest absolute Gasteiger partial charge is 0.416 e. The number of anilines is 2. The van der Waals surface area contributed by atoms with Crippen molar-refractivity contribution < 1.29 is 18.0 Å². The van der Waals surface area contributed by atoms with Gasteiger partial charge in [0.15, 0.2) is 0 Å². The zero-order valence-corrected chi connectivity index (χ0v) is 17.7. The summed E-state index contributed by atoms with van der Waals surface area (Å²) in [6.45, 7) is 0.351. The molecule has 1 aliphatic heterocycles. The molecule has 1 fully saturated rings. The zero-order valence-electron chi connectivity index (χ0n) is 17.7. The van der Waals surface area contributed by atoms with E-state index in [0.717, 1.165) is 22.6 Å². The number of alkyl halides is 3. The average molecular weight is 451 g/mol. The van der Waals surface area contributed by atoms with Gasteiger partial charge in [0, 0.05) is 31.0 Å². The van der Waals surface area contributed by atoms with Crippen LogP contribution in [0, 0.1) is 0 Å². The van der Waals surface area contributed by atoms with Crippen molar-refractivity contribution in [2.75, 3.05) is 17.2 Å². The Bertz CT molecular complexity index is 1360. The molecule has 5 rings (SSSR count). The molecular formula is C24H20F3N5O. The minimum atomic E-state index is -4.50. The van der Waals surface area contributed by atoms with Crippen molar-refractivity contribution in [3.8, 4) is 11.1 Å². The third-order valence-electron chi connectivity index (χ3n) is 6.12. The minimum Gasteiger partial charge on any atom is -0.383 e. The highest BCUT2D eigenvalue weighted by molar-refractivity contribution is 6.02. The van der Waals surface area contributed by atoms with Gasteiger partial charge in [0.05, 0.1) is 16.9 Å². The maximum atomic E-state index is 13.5. The maximum Gasteiger partial charge on any atom is 0.416 e. The van der Waals surface area contributed by atoms with E-state index in [9.17, 15) is 18.0 Å². The number of hydrogen-bond donors (Lipinski definition) is 1. The maximum absolute atomic E-state index is 13.5. The summed E-state index contributed by atoms with van der Waals surface area (Å²) in [6, 6.07) is 12.6. The third kappa shape index (κ3) is 3.49. The Morgan fingerprint density at radius 2 is 1.79 bits per heavy atom. The summed E-state index contributed by atoms with van der Waals surface area (Å²) in [7, 11) is 1.87. The van der Waals surface area contributed by atoms with Crippen molar-refractivity contribution in [1.29, 1.82) is 0 Å². The number of fused-ring (bicyclic) bond motifs is 1. The number of aryl methyl sites for hydroxylation is 1. The number of rotatable bonds is 3. The summed E-state index contributed by atoms with van der Waals surface area (Å²) in [4.78, 5) is 23.0. The molecule has 1 saturated heterocycles. The number of carbonyl (C=O) groups excluding carboxylic acids is 1. The van der Waals surface area contributed by atoms with E-state index in [-0.39, 0.29) is 11.5 Å². The average Bonchev–Trinajstić information content (AvgIpc) is 3.34. The molecule has 4 aromatic rings. The van der Waals surface area contributed by atoms with E-state index < -0.39 is 17.7 Å². The first-order valence-corrected chi connectivity index (χ1v) is 10.4. The normalized spacial score (nSPS) is 16.7. The predicted octanol–water partition coefficient (Wildman–Crippen LogP) is 4.76. The van der Waals surface area contributed by atoms with Crippen LogP contribution < -0.4 is 10.6 Å². The van der Waals surface area contributed by atoms with Crippen molar-refractivity contribution in [1.82, 2.24) is 14.5 Å². The molecule has 9 heteroatoms. The van der Waals surface area contributed by atoms with Gasteiger partial charge in [0.2, 0.25) is 5.91 Å². The fraction of sp³-hybridized carbons (Fsp3) is 0.208. The van der Waals surface area contributed by atoms with Crippen LogP contribution >= 0.6 is 0 Å². The molecule has 0 saturated carbocycles. The number of halogens is 3. The molecule has 1 unspecified atom stereocenters. The molecule has 0 spiro atoms. The number of nitrogen functional groups attached to an aromatic ring is 1. The van der Waals surface area contributed by atoms with Crippen LogP contribution in [0.2, 0.25) is 0 Å². The number of carbonyl (C=O) groups is 1. The van der Waals surface area contributed by atoms with E-state index in [1.165, 1.54) is 24.5 Å². The summed E-state index contributed by atoms with van der Waals surface area (Å²) in [5, 5.41) is 0.744. The SMILES string of the molecule is Cn1cc(-c2ccc(N3CCC(c4ccccc4C(F)(F)F)C3=O)cc2)c2c(N)ncnc21. The monoisotopic (exact) mass is 451 g/mol. The van der Waals surface area contributed by atoms with Crippen LogP contribution in [0.3, 0.4) is 0 Å². The van der Waals surface area contributed by atoms with Crippen LogP contribution in [-0.4, -0.2) is 27.0 Å². The second-order valence-electron chi connectivity index (χ2n) is 8.07. The predicted molar refractivity (Wildman–Crippen MR) is 120 cm³/mol. The van der Waals surface area contributed by atoms with E-state index in [4.69, 9.17) is 5.73 Å². The first kappa shape index (κ1) is 21.0. The number of amides is 1. The molecular weight excluding hydrogens is 431 g/mol. The van der Waals surface area contributed by atoms with Crippen molar-refractivity contribution in [3.63, 3.8) is 0 Å². The van der Waals surface area contributed by atoms with Crippen LogP contribution in [-0.2, 0) is 18.0 Å². The van der Waals surface area contributed by atoms with Gasteiger partial charge in [-0.2, -0.15) is 13.2 Å². The molecule has 3 heterocycles. The van der Waals surface area contributed by atoms with Gasteiger partial charge in [-0.3, -0.25) is 4.79 Å². The molecule has 0 aliphatic carbocycles. The van der Waals surface area contributed by atoms with Crippen LogP contribution in [0.1, 0.15) is 23.5 Å². The Hall–Kier alpha value is -3.88. The molecule has 1 amide bonds. The van der Waals surface area contributed by atoms with Gasteiger partial charge in [-0.15, -0.1) is 0 Å². The fourth-order valence-corrected chi connectivity index (χ4v) is 4.56.